The van der Waals surface area contributed by atoms with E-state index in [1.807, 2.05) is 41.5 Å². The van der Waals surface area contributed by atoms with Gasteiger partial charge in [-0.3, -0.25) is 0 Å². The molecule has 1 heterocycles. The van der Waals surface area contributed by atoms with Gasteiger partial charge in [-0.25, -0.2) is 0 Å². The molecule has 0 spiro atoms. The molecule has 2 rings (SSSR count). The Labute approximate surface area is 117 Å². The normalized spacial score (nSPS) is 30.3. The van der Waals surface area contributed by atoms with Crippen LogP contribution in [0.4, 0.5) is 0 Å². The van der Waals surface area contributed by atoms with Gasteiger partial charge in [0.15, 0.2) is 0 Å². The molecular formula is C17H39N. The first kappa shape index (κ1) is 20.3. The van der Waals surface area contributed by atoms with E-state index in [9.17, 15) is 0 Å². The van der Waals surface area contributed by atoms with Gasteiger partial charge in [0.05, 0.1) is 0 Å². The standard InChI is InChI=1S/C11H21N.3C2H6/c1-9-7-10-5-3-4-6-11(10)8-12(9)2;3*1-2/h9-11H,3-8H2,1-2H3;3*1-2H3. The zero-order valence-corrected chi connectivity index (χ0v) is 14.4. The number of nitrogens with zero attached hydrogens (tertiary/aromatic N) is 1. The van der Waals surface area contributed by atoms with Gasteiger partial charge in [0.2, 0.25) is 0 Å². The fourth-order valence-corrected chi connectivity index (χ4v) is 3.00. The second-order valence-corrected chi connectivity index (χ2v) is 4.83. The molecule has 1 aliphatic heterocycles. The first-order valence-corrected chi connectivity index (χ1v) is 8.47. The molecule has 0 aromatic heterocycles. The Hall–Kier alpha value is -0.0400. The summed E-state index contributed by atoms with van der Waals surface area (Å²) >= 11 is 0. The lowest BCUT2D eigenvalue weighted by Crippen LogP contribution is -2.44. The van der Waals surface area contributed by atoms with Gasteiger partial charge in [0, 0.05) is 12.6 Å². The van der Waals surface area contributed by atoms with Crippen LogP contribution < -0.4 is 0 Å². The van der Waals surface area contributed by atoms with Crippen molar-refractivity contribution in [2.24, 2.45) is 11.8 Å². The summed E-state index contributed by atoms with van der Waals surface area (Å²) in [5, 5.41) is 0. The van der Waals surface area contributed by atoms with Crippen molar-refractivity contribution in [3.63, 3.8) is 0 Å². The molecule has 1 heteroatoms. The summed E-state index contributed by atoms with van der Waals surface area (Å²) in [6.45, 7) is 15.7. The maximum Gasteiger partial charge on any atom is 0.00667 e. The number of hydrogen-bond donors (Lipinski definition) is 0. The largest absolute Gasteiger partial charge is 0.303 e. The molecule has 2 aliphatic rings. The van der Waals surface area contributed by atoms with Crippen molar-refractivity contribution in [1.29, 1.82) is 0 Å². The molecule has 18 heavy (non-hydrogen) atoms. The minimum atomic E-state index is 0.837. The SMILES string of the molecule is CC.CC.CC.CC1CC2CCCCC2CN1C. The molecule has 1 aliphatic carbocycles. The summed E-state index contributed by atoms with van der Waals surface area (Å²) in [6.07, 6.45) is 7.47. The highest BCUT2D eigenvalue weighted by atomic mass is 15.1. The van der Waals surface area contributed by atoms with Crippen LogP contribution in [-0.4, -0.2) is 24.5 Å². The minimum absolute atomic E-state index is 0.837. The van der Waals surface area contributed by atoms with Gasteiger partial charge in [-0.2, -0.15) is 0 Å². The molecule has 0 aromatic carbocycles. The summed E-state index contributed by atoms with van der Waals surface area (Å²) in [7, 11) is 2.29. The fourth-order valence-electron chi connectivity index (χ4n) is 3.00. The summed E-state index contributed by atoms with van der Waals surface area (Å²) in [4.78, 5) is 2.55. The lowest BCUT2D eigenvalue weighted by molar-refractivity contribution is 0.0650. The van der Waals surface area contributed by atoms with E-state index in [1.54, 1.807) is 0 Å². The molecular weight excluding hydrogens is 218 g/mol. The summed E-state index contributed by atoms with van der Waals surface area (Å²) in [6, 6.07) is 0.837. The van der Waals surface area contributed by atoms with Crippen LogP contribution >= 0.6 is 0 Å². The van der Waals surface area contributed by atoms with Crippen molar-refractivity contribution in [1.82, 2.24) is 4.90 Å². The van der Waals surface area contributed by atoms with Gasteiger partial charge in [-0.1, -0.05) is 60.8 Å². The third-order valence-electron chi connectivity index (χ3n) is 3.99. The fraction of sp³-hybridized carbons (Fsp3) is 1.00. The summed E-state index contributed by atoms with van der Waals surface area (Å²) in [5.74, 6) is 2.12. The van der Waals surface area contributed by atoms with Gasteiger partial charge in [0.25, 0.3) is 0 Å². The van der Waals surface area contributed by atoms with Crippen LogP contribution in [0.3, 0.4) is 0 Å². The zero-order chi connectivity index (χ0) is 14.6. The molecule has 1 saturated heterocycles. The molecule has 1 nitrogen and oxygen atoms in total. The van der Waals surface area contributed by atoms with Crippen LogP contribution in [0, 0.1) is 11.8 Å². The minimum Gasteiger partial charge on any atom is -0.303 e. The van der Waals surface area contributed by atoms with Gasteiger partial charge in [-0.05, 0) is 38.6 Å². The Balaban J connectivity index is 0. The number of piperidine rings is 1. The first-order valence-electron chi connectivity index (χ1n) is 8.47. The Morgan fingerprint density at radius 2 is 1.22 bits per heavy atom. The van der Waals surface area contributed by atoms with Crippen molar-refractivity contribution >= 4 is 0 Å². The quantitative estimate of drug-likeness (QED) is 0.546. The molecule has 2 fully saturated rings. The average molecular weight is 258 g/mol. The van der Waals surface area contributed by atoms with Crippen molar-refractivity contribution in [2.45, 2.75) is 86.6 Å². The Morgan fingerprint density at radius 3 is 1.72 bits per heavy atom. The highest BCUT2D eigenvalue weighted by Gasteiger charge is 2.32. The van der Waals surface area contributed by atoms with Gasteiger partial charge >= 0.3 is 0 Å². The lowest BCUT2D eigenvalue weighted by Gasteiger charge is -2.43. The highest BCUT2D eigenvalue weighted by molar-refractivity contribution is 4.85. The Bertz CT molecular complexity index is 138. The van der Waals surface area contributed by atoms with E-state index < -0.39 is 0 Å². The summed E-state index contributed by atoms with van der Waals surface area (Å²) < 4.78 is 0. The van der Waals surface area contributed by atoms with E-state index in [4.69, 9.17) is 0 Å². The van der Waals surface area contributed by atoms with Crippen LogP contribution in [0.15, 0.2) is 0 Å². The van der Waals surface area contributed by atoms with Crippen molar-refractivity contribution in [3.05, 3.63) is 0 Å². The second kappa shape index (κ2) is 13.4. The predicted octanol–water partition coefficient (Wildman–Crippen LogP) is 5.60. The number of rotatable bonds is 0. The van der Waals surface area contributed by atoms with Crippen LogP contribution in [0.5, 0.6) is 0 Å². The predicted molar refractivity (Wildman–Crippen MR) is 86.2 cm³/mol. The van der Waals surface area contributed by atoms with Gasteiger partial charge in [0.1, 0.15) is 0 Å². The van der Waals surface area contributed by atoms with Crippen LogP contribution in [-0.2, 0) is 0 Å². The van der Waals surface area contributed by atoms with Crippen molar-refractivity contribution < 1.29 is 0 Å². The van der Waals surface area contributed by atoms with E-state index in [0.29, 0.717) is 0 Å². The monoisotopic (exact) mass is 257 g/mol. The van der Waals surface area contributed by atoms with E-state index in [2.05, 4.69) is 18.9 Å². The molecule has 0 aromatic rings. The summed E-state index contributed by atoms with van der Waals surface area (Å²) in [5.41, 5.74) is 0. The van der Waals surface area contributed by atoms with E-state index in [-0.39, 0.29) is 0 Å². The van der Waals surface area contributed by atoms with Gasteiger partial charge < -0.3 is 4.90 Å². The lowest BCUT2D eigenvalue weighted by atomic mass is 9.73. The van der Waals surface area contributed by atoms with Crippen molar-refractivity contribution in [3.8, 4) is 0 Å². The molecule has 0 radical (unpaired) electrons. The topological polar surface area (TPSA) is 3.24 Å². The average Bonchev–Trinajstić information content (AvgIpc) is 2.47. The van der Waals surface area contributed by atoms with E-state index in [1.165, 1.54) is 38.6 Å². The third kappa shape index (κ3) is 6.78. The molecule has 3 unspecified atom stereocenters. The Kier molecular flexibility index (Phi) is 15.1. The van der Waals surface area contributed by atoms with Crippen LogP contribution in [0.1, 0.15) is 80.6 Å². The molecule has 0 bridgehead atoms. The third-order valence-corrected chi connectivity index (χ3v) is 3.99. The van der Waals surface area contributed by atoms with Crippen LogP contribution in [0.2, 0.25) is 0 Å². The molecule has 0 N–H and O–H groups in total. The van der Waals surface area contributed by atoms with Crippen LogP contribution in [0.25, 0.3) is 0 Å². The maximum absolute atomic E-state index is 2.55. The van der Waals surface area contributed by atoms with E-state index in [0.717, 1.165) is 17.9 Å². The molecule has 1 saturated carbocycles. The highest BCUT2D eigenvalue weighted by Crippen LogP contribution is 2.37. The number of hydrogen-bond acceptors (Lipinski definition) is 1. The first-order chi connectivity index (χ1) is 8.77. The second-order valence-electron chi connectivity index (χ2n) is 4.83. The molecule has 0 amide bonds. The number of likely N-dealkylation sites (tertiary alicyclic amines) is 1. The van der Waals surface area contributed by atoms with Crippen molar-refractivity contribution in [2.75, 3.05) is 13.6 Å². The number of fused-ring (bicyclic) bond motifs is 1. The van der Waals surface area contributed by atoms with Gasteiger partial charge in [-0.15, -0.1) is 0 Å². The zero-order valence-electron chi connectivity index (χ0n) is 14.4. The van der Waals surface area contributed by atoms with E-state index >= 15 is 0 Å². The molecule has 112 valence electrons. The molecule has 3 atom stereocenters. The maximum atomic E-state index is 2.55. The Morgan fingerprint density at radius 1 is 0.778 bits per heavy atom. The smallest absolute Gasteiger partial charge is 0.00667 e.